The molecule has 0 fully saturated rings. The Hall–Kier alpha value is -1.85. The molecular weight excluding hydrogens is 293 g/mol. The van der Waals surface area contributed by atoms with E-state index in [9.17, 15) is 4.39 Å². The Morgan fingerprint density at radius 3 is 2.67 bits per heavy atom. The maximum atomic E-state index is 13.1. The summed E-state index contributed by atoms with van der Waals surface area (Å²) >= 11 is 5.75. The first-order valence-electron chi connectivity index (χ1n) is 6.48. The van der Waals surface area contributed by atoms with Gasteiger partial charge in [0.2, 0.25) is 0 Å². The summed E-state index contributed by atoms with van der Waals surface area (Å²) in [6.07, 6.45) is 1.72. The van der Waals surface area contributed by atoms with E-state index in [4.69, 9.17) is 16.3 Å². The summed E-state index contributed by atoms with van der Waals surface area (Å²) in [5, 5.41) is 3.21. The number of aromatic nitrogens is 1. The summed E-state index contributed by atoms with van der Waals surface area (Å²) in [6, 6.07) is 8.30. The largest absolute Gasteiger partial charge is 0.383 e. The Balaban J connectivity index is 2.03. The number of rotatable bonds is 6. The number of hydrogen-bond donors (Lipinski definition) is 1. The summed E-state index contributed by atoms with van der Waals surface area (Å²) < 4.78 is 18.1. The lowest BCUT2D eigenvalue weighted by molar-refractivity contribution is 0.206. The average Bonchev–Trinajstić information content (AvgIpc) is 2.49. The lowest BCUT2D eigenvalue weighted by atomic mass is 10.3. The third-order valence-corrected chi connectivity index (χ3v) is 3.27. The smallest absolute Gasteiger partial charge is 0.141 e. The number of pyridine rings is 1. The molecule has 1 heterocycles. The van der Waals surface area contributed by atoms with Gasteiger partial charge in [-0.05, 0) is 30.3 Å². The summed E-state index contributed by atoms with van der Waals surface area (Å²) in [6.45, 7) is 1.41. The molecule has 0 amide bonds. The Labute approximate surface area is 128 Å². The molecule has 2 rings (SSSR count). The summed E-state index contributed by atoms with van der Waals surface area (Å²) in [7, 11) is 3.62. The van der Waals surface area contributed by atoms with Crippen LogP contribution in [0.3, 0.4) is 0 Å². The van der Waals surface area contributed by atoms with Gasteiger partial charge in [0.15, 0.2) is 0 Å². The zero-order valence-electron chi connectivity index (χ0n) is 11.9. The first-order chi connectivity index (χ1) is 10.1. The van der Waals surface area contributed by atoms with Crippen molar-refractivity contribution < 1.29 is 9.13 Å². The SMILES string of the molecule is COCCN(C)c1ccc(Nc2ccc(F)c(Cl)c2)cn1. The molecule has 1 aromatic heterocycles. The van der Waals surface area contributed by atoms with Gasteiger partial charge in [-0.2, -0.15) is 0 Å². The lowest BCUT2D eigenvalue weighted by Crippen LogP contribution is -2.22. The predicted octanol–water partition coefficient (Wildman–Crippen LogP) is 3.70. The molecule has 21 heavy (non-hydrogen) atoms. The van der Waals surface area contributed by atoms with Crippen molar-refractivity contribution in [2.24, 2.45) is 0 Å². The van der Waals surface area contributed by atoms with Crippen LogP contribution in [0.1, 0.15) is 0 Å². The van der Waals surface area contributed by atoms with Gasteiger partial charge in [-0.1, -0.05) is 11.6 Å². The van der Waals surface area contributed by atoms with Gasteiger partial charge < -0.3 is 15.0 Å². The molecule has 6 heteroatoms. The number of hydrogen-bond acceptors (Lipinski definition) is 4. The fourth-order valence-electron chi connectivity index (χ4n) is 1.77. The van der Waals surface area contributed by atoms with E-state index < -0.39 is 5.82 Å². The molecule has 2 aromatic rings. The minimum Gasteiger partial charge on any atom is -0.383 e. The van der Waals surface area contributed by atoms with Crippen molar-refractivity contribution in [3.63, 3.8) is 0 Å². The van der Waals surface area contributed by atoms with Gasteiger partial charge in [0.05, 0.1) is 23.5 Å². The number of nitrogens with one attached hydrogen (secondary N) is 1. The van der Waals surface area contributed by atoms with E-state index in [1.165, 1.54) is 12.1 Å². The third-order valence-electron chi connectivity index (χ3n) is 2.98. The van der Waals surface area contributed by atoms with Crippen molar-refractivity contribution in [3.8, 4) is 0 Å². The van der Waals surface area contributed by atoms with Crippen LogP contribution in [0.15, 0.2) is 36.5 Å². The van der Waals surface area contributed by atoms with E-state index in [1.54, 1.807) is 19.4 Å². The molecule has 1 N–H and O–H groups in total. The molecule has 112 valence electrons. The fourth-order valence-corrected chi connectivity index (χ4v) is 1.95. The van der Waals surface area contributed by atoms with Crippen LogP contribution < -0.4 is 10.2 Å². The molecule has 0 atom stereocenters. The molecule has 0 aliphatic heterocycles. The molecule has 0 saturated heterocycles. The van der Waals surface area contributed by atoms with Crippen LogP contribution in [0.25, 0.3) is 0 Å². The highest BCUT2D eigenvalue weighted by molar-refractivity contribution is 6.31. The molecule has 0 bridgehead atoms. The zero-order chi connectivity index (χ0) is 15.2. The summed E-state index contributed by atoms with van der Waals surface area (Å²) in [5.74, 6) is 0.421. The van der Waals surface area contributed by atoms with E-state index >= 15 is 0 Å². The number of benzene rings is 1. The van der Waals surface area contributed by atoms with Crippen molar-refractivity contribution in [2.75, 3.05) is 37.5 Å². The van der Waals surface area contributed by atoms with Crippen LogP contribution in [0, 0.1) is 5.82 Å². The normalized spacial score (nSPS) is 10.5. The molecule has 0 spiro atoms. The monoisotopic (exact) mass is 309 g/mol. The van der Waals surface area contributed by atoms with Crippen molar-refractivity contribution in [2.45, 2.75) is 0 Å². The average molecular weight is 310 g/mol. The Bertz CT molecular complexity index is 592. The molecule has 0 aliphatic rings. The van der Waals surface area contributed by atoms with Crippen LogP contribution in [0.4, 0.5) is 21.6 Å². The van der Waals surface area contributed by atoms with E-state index in [0.717, 1.165) is 18.1 Å². The van der Waals surface area contributed by atoms with Crippen LogP contribution >= 0.6 is 11.6 Å². The van der Waals surface area contributed by atoms with Crippen LogP contribution in [0.2, 0.25) is 5.02 Å². The molecule has 0 radical (unpaired) electrons. The van der Waals surface area contributed by atoms with Crippen LogP contribution in [-0.4, -0.2) is 32.3 Å². The molecular formula is C15H17ClFN3O. The summed E-state index contributed by atoms with van der Waals surface area (Å²) in [4.78, 5) is 6.37. The molecule has 0 saturated carbocycles. The first-order valence-corrected chi connectivity index (χ1v) is 6.86. The number of halogens is 2. The van der Waals surface area contributed by atoms with Crippen molar-refractivity contribution in [1.29, 1.82) is 0 Å². The highest BCUT2D eigenvalue weighted by atomic mass is 35.5. The second kappa shape index (κ2) is 7.24. The predicted molar refractivity (Wildman–Crippen MR) is 84.1 cm³/mol. The van der Waals surface area contributed by atoms with Crippen LogP contribution in [0.5, 0.6) is 0 Å². The Morgan fingerprint density at radius 1 is 1.29 bits per heavy atom. The highest BCUT2D eigenvalue weighted by Gasteiger charge is 2.04. The van der Waals surface area contributed by atoms with E-state index in [-0.39, 0.29) is 5.02 Å². The Kier molecular flexibility index (Phi) is 5.36. The minimum atomic E-state index is -0.435. The summed E-state index contributed by atoms with van der Waals surface area (Å²) in [5.41, 5.74) is 1.52. The Morgan fingerprint density at radius 2 is 2.05 bits per heavy atom. The van der Waals surface area contributed by atoms with Gasteiger partial charge in [0, 0.05) is 26.4 Å². The quantitative estimate of drug-likeness (QED) is 0.883. The van der Waals surface area contributed by atoms with Gasteiger partial charge in [-0.15, -0.1) is 0 Å². The molecule has 0 aliphatic carbocycles. The first kappa shape index (κ1) is 15.5. The molecule has 4 nitrogen and oxygen atoms in total. The topological polar surface area (TPSA) is 37.4 Å². The zero-order valence-corrected chi connectivity index (χ0v) is 12.7. The van der Waals surface area contributed by atoms with Gasteiger partial charge in [-0.25, -0.2) is 9.37 Å². The lowest BCUT2D eigenvalue weighted by Gasteiger charge is -2.17. The number of anilines is 3. The number of likely N-dealkylation sites (N-methyl/N-ethyl adjacent to an activating group) is 1. The highest BCUT2D eigenvalue weighted by Crippen LogP contribution is 2.23. The third kappa shape index (κ3) is 4.31. The van der Waals surface area contributed by atoms with Gasteiger partial charge in [0.25, 0.3) is 0 Å². The van der Waals surface area contributed by atoms with Gasteiger partial charge >= 0.3 is 0 Å². The number of nitrogens with zero attached hydrogens (tertiary/aromatic N) is 2. The standard InChI is InChI=1S/C15H17ClFN3O/c1-20(7-8-21-2)15-6-4-12(10-18-15)19-11-3-5-14(17)13(16)9-11/h3-6,9-10,19H,7-8H2,1-2H3. The fraction of sp³-hybridized carbons (Fsp3) is 0.267. The van der Waals surface area contributed by atoms with E-state index in [2.05, 4.69) is 10.3 Å². The van der Waals surface area contributed by atoms with Gasteiger partial charge in [0.1, 0.15) is 11.6 Å². The van der Waals surface area contributed by atoms with Gasteiger partial charge in [-0.3, -0.25) is 0 Å². The maximum Gasteiger partial charge on any atom is 0.141 e. The molecule has 0 unspecified atom stereocenters. The maximum absolute atomic E-state index is 13.1. The van der Waals surface area contributed by atoms with Crippen molar-refractivity contribution >= 4 is 28.8 Å². The second-order valence-corrected chi connectivity index (χ2v) is 4.98. The molecule has 1 aromatic carbocycles. The van der Waals surface area contributed by atoms with E-state index in [0.29, 0.717) is 12.3 Å². The van der Waals surface area contributed by atoms with Crippen LogP contribution in [-0.2, 0) is 4.74 Å². The second-order valence-electron chi connectivity index (χ2n) is 4.57. The minimum absolute atomic E-state index is 0.0869. The van der Waals surface area contributed by atoms with E-state index in [1.807, 2.05) is 24.1 Å². The number of ether oxygens (including phenoxy) is 1. The van der Waals surface area contributed by atoms with Crippen molar-refractivity contribution in [1.82, 2.24) is 4.98 Å². The van der Waals surface area contributed by atoms with Crippen molar-refractivity contribution in [3.05, 3.63) is 47.4 Å². The number of methoxy groups -OCH3 is 1.